The molecule has 3 rings (SSSR count). The molecule has 0 bridgehead atoms. The topological polar surface area (TPSA) is 38.1 Å². The number of carbonyl (C=O) groups excluding carboxylic acids is 1. The number of carbonyl (C=O) groups is 1. The Morgan fingerprint density at radius 3 is 2.16 bits per heavy atom. The van der Waals surface area contributed by atoms with Gasteiger partial charge in [0.15, 0.2) is 0 Å². The summed E-state index contributed by atoms with van der Waals surface area (Å²) in [6, 6.07) is 18.6. The molecule has 128 valence electrons. The highest BCUT2D eigenvalue weighted by molar-refractivity contribution is 5.96. The minimum absolute atomic E-state index is 0.00948. The zero-order chi connectivity index (χ0) is 18.0. The first kappa shape index (κ1) is 17.0. The lowest BCUT2D eigenvalue weighted by Gasteiger charge is -2.18. The zero-order valence-electron chi connectivity index (χ0n) is 15.2. The Balaban J connectivity index is 1.75. The van der Waals surface area contributed by atoms with Crippen LogP contribution in [-0.2, 0) is 13.6 Å². The molecular formula is C21H23N3O. The van der Waals surface area contributed by atoms with E-state index in [2.05, 4.69) is 41.5 Å². The zero-order valence-corrected chi connectivity index (χ0v) is 15.2. The summed E-state index contributed by atoms with van der Waals surface area (Å²) in [4.78, 5) is 14.5. The fourth-order valence-electron chi connectivity index (χ4n) is 3.05. The van der Waals surface area contributed by atoms with Crippen molar-refractivity contribution in [3.05, 3.63) is 77.1 Å². The van der Waals surface area contributed by atoms with Crippen LogP contribution in [0.1, 0.15) is 27.3 Å². The predicted molar refractivity (Wildman–Crippen MR) is 100 cm³/mol. The van der Waals surface area contributed by atoms with Crippen LogP contribution in [0.5, 0.6) is 0 Å². The maximum atomic E-state index is 12.8. The SMILES string of the molecule is Cc1nn(C)c(C)c1C(=O)N(C)Cc1ccc(-c2ccccc2)cc1. The maximum Gasteiger partial charge on any atom is 0.257 e. The minimum atomic E-state index is 0.00948. The van der Waals surface area contributed by atoms with Crippen molar-refractivity contribution in [3.8, 4) is 11.1 Å². The number of rotatable bonds is 4. The Labute approximate surface area is 148 Å². The molecule has 4 nitrogen and oxygen atoms in total. The van der Waals surface area contributed by atoms with Gasteiger partial charge >= 0.3 is 0 Å². The summed E-state index contributed by atoms with van der Waals surface area (Å²) in [6.45, 7) is 4.38. The lowest BCUT2D eigenvalue weighted by atomic mass is 10.0. The number of hydrogen-bond donors (Lipinski definition) is 0. The van der Waals surface area contributed by atoms with Crippen molar-refractivity contribution in [2.45, 2.75) is 20.4 Å². The molecule has 0 aliphatic rings. The molecule has 1 amide bonds. The first-order chi connectivity index (χ1) is 12.0. The van der Waals surface area contributed by atoms with Crippen LogP contribution in [0.3, 0.4) is 0 Å². The molecule has 1 aromatic heterocycles. The molecule has 0 aliphatic carbocycles. The molecule has 0 unspecified atom stereocenters. The number of aryl methyl sites for hydroxylation is 2. The molecule has 3 aromatic rings. The van der Waals surface area contributed by atoms with E-state index in [1.165, 1.54) is 11.1 Å². The number of nitrogens with zero attached hydrogens (tertiary/aromatic N) is 3. The van der Waals surface area contributed by atoms with Crippen LogP contribution in [-0.4, -0.2) is 27.6 Å². The lowest BCUT2D eigenvalue weighted by molar-refractivity contribution is 0.0783. The maximum absolute atomic E-state index is 12.8. The van der Waals surface area contributed by atoms with Gasteiger partial charge in [-0.3, -0.25) is 9.48 Å². The Kier molecular flexibility index (Phi) is 4.70. The van der Waals surface area contributed by atoms with Gasteiger partial charge in [-0.05, 0) is 30.5 Å². The Morgan fingerprint density at radius 2 is 1.60 bits per heavy atom. The second-order valence-electron chi connectivity index (χ2n) is 6.39. The lowest BCUT2D eigenvalue weighted by Crippen LogP contribution is -2.27. The largest absolute Gasteiger partial charge is 0.337 e. The van der Waals surface area contributed by atoms with Crippen LogP contribution >= 0.6 is 0 Å². The molecule has 0 saturated heterocycles. The molecule has 2 aromatic carbocycles. The van der Waals surface area contributed by atoms with Crippen molar-refractivity contribution in [1.82, 2.24) is 14.7 Å². The van der Waals surface area contributed by atoms with Crippen LogP contribution in [0.25, 0.3) is 11.1 Å². The first-order valence-electron chi connectivity index (χ1n) is 8.37. The normalized spacial score (nSPS) is 10.7. The minimum Gasteiger partial charge on any atom is -0.337 e. The Morgan fingerprint density at radius 1 is 1.00 bits per heavy atom. The quantitative estimate of drug-likeness (QED) is 0.724. The average molecular weight is 333 g/mol. The summed E-state index contributed by atoms with van der Waals surface area (Å²) < 4.78 is 1.76. The molecule has 0 radical (unpaired) electrons. The van der Waals surface area contributed by atoms with Gasteiger partial charge in [0.2, 0.25) is 0 Å². The second-order valence-corrected chi connectivity index (χ2v) is 6.39. The standard InChI is InChI=1S/C21H23N3O/c1-15-20(16(2)24(4)22-15)21(25)23(3)14-17-10-12-19(13-11-17)18-8-6-5-7-9-18/h5-13H,14H2,1-4H3. The summed E-state index contributed by atoms with van der Waals surface area (Å²) >= 11 is 0. The molecule has 0 spiro atoms. The van der Waals surface area contributed by atoms with Gasteiger partial charge in [-0.1, -0.05) is 54.6 Å². The van der Waals surface area contributed by atoms with E-state index in [0.717, 1.165) is 17.0 Å². The van der Waals surface area contributed by atoms with E-state index in [4.69, 9.17) is 0 Å². The van der Waals surface area contributed by atoms with Gasteiger partial charge in [-0.2, -0.15) is 5.10 Å². The van der Waals surface area contributed by atoms with Gasteiger partial charge in [0.05, 0.1) is 11.3 Å². The third-order valence-corrected chi connectivity index (χ3v) is 4.55. The van der Waals surface area contributed by atoms with E-state index in [9.17, 15) is 4.79 Å². The first-order valence-corrected chi connectivity index (χ1v) is 8.37. The van der Waals surface area contributed by atoms with Gasteiger partial charge in [0, 0.05) is 26.3 Å². The van der Waals surface area contributed by atoms with Crippen LogP contribution in [0.2, 0.25) is 0 Å². The molecule has 4 heteroatoms. The van der Waals surface area contributed by atoms with E-state index >= 15 is 0 Å². The van der Waals surface area contributed by atoms with Crippen LogP contribution in [0, 0.1) is 13.8 Å². The van der Waals surface area contributed by atoms with E-state index in [1.807, 2.05) is 46.1 Å². The molecular weight excluding hydrogens is 310 g/mol. The Bertz CT molecular complexity index is 880. The highest BCUT2D eigenvalue weighted by Gasteiger charge is 2.20. The molecule has 1 heterocycles. The molecule has 25 heavy (non-hydrogen) atoms. The molecule has 0 atom stereocenters. The second kappa shape index (κ2) is 6.93. The predicted octanol–water partition coefficient (Wildman–Crippen LogP) is 3.98. The molecule has 0 saturated carbocycles. The van der Waals surface area contributed by atoms with Crippen molar-refractivity contribution in [2.75, 3.05) is 7.05 Å². The summed E-state index contributed by atoms with van der Waals surface area (Å²) in [7, 11) is 3.70. The smallest absolute Gasteiger partial charge is 0.257 e. The van der Waals surface area contributed by atoms with Gasteiger partial charge in [-0.15, -0.1) is 0 Å². The summed E-state index contributed by atoms with van der Waals surface area (Å²) in [5, 5.41) is 4.34. The van der Waals surface area contributed by atoms with Crippen molar-refractivity contribution < 1.29 is 4.79 Å². The third kappa shape index (κ3) is 3.48. The van der Waals surface area contributed by atoms with Crippen LogP contribution < -0.4 is 0 Å². The van der Waals surface area contributed by atoms with E-state index in [-0.39, 0.29) is 5.91 Å². The van der Waals surface area contributed by atoms with E-state index in [1.54, 1.807) is 9.58 Å². The number of hydrogen-bond acceptors (Lipinski definition) is 2. The van der Waals surface area contributed by atoms with E-state index < -0.39 is 0 Å². The highest BCUT2D eigenvalue weighted by atomic mass is 16.2. The monoisotopic (exact) mass is 333 g/mol. The van der Waals surface area contributed by atoms with Crippen molar-refractivity contribution in [2.24, 2.45) is 7.05 Å². The highest BCUT2D eigenvalue weighted by Crippen LogP contribution is 2.20. The van der Waals surface area contributed by atoms with Crippen molar-refractivity contribution in [3.63, 3.8) is 0 Å². The molecule has 0 N–H and O–H groups in total. The average Bonchev–Trinajstić information content (AvgIpc) is 2.88. The fraction of sp³-hybridized carbons (Fsp3) is 0.238. The molecule has 0 fully saturated rings. The summed E-state index contributed by atoms with van der Waals surface area (Å²) in [5.74, 6) is 0.00948. The number of amides is 1. The van der Waals surface area contributed by atoms with Crippen molar-refractivity contribution in [1.29, 1.82) is 0 Å². The van der Waals surface area contributed by atoms with E-state index in [0.29, 0.717) is 12.1 Å². The summed E-state index contributed by atoms with van der Waals surface area (Å²) in [5.41, 5.74) is 5.85. The fourth-order valence-corrected chi connectivity index (χ4v) is 3.05. The molecule has 0 aliphatic heterocycles. The number of aromatic nitrogens is 2. The van der Waals surface area contributed by atoms with Crippen LogP contribution in [0.15, 0.2) is 54.6 Å². The number of benzene rings is 2. The van der Waals surface area contributed by atoms with Gasteiger partial charge in [-0.25, -0.2) is 0 Å². The Hall–Kier alpha value is -2.88. The van der Waals surface area contributed by atoms with Crippen molar-refractivity contribution >= 4 is 5.91 Å². The summed E-state index contributed by atoms with van der Waals surface area (Å²) in [6.07, 6.45) is 0. The van der Waals surface area contributed by atoms with Crippen LogP contribution in [0.4, 0.5) is 0 Å². The third-order valence-electron chi connectivity index (χ3n) is 4.55. The van der Waals surface area contributed by atoms with Gasteiger partial charge in [0.1, 0.15) is 0 Å². The van der Waals surface area contributed by atoms with Gasteiger partial charge < -0.3 is 4.90 Å². The van der Waals surface area contributed by atoms with Gasteiger partial charge in [0.25, 0.3) is 5.91 Å².